The van der Waals surface area contributed by atoms with E-state index in [1.165, 1.54) is 16.7 Å². The average Bonchev–Trinajstić information content (AvgIpc) is 2.22. The van der Waals surface area contributed by atoms with E-state index in [0.29, 0.717) is 6.54 Å². The van der Waals surface area contributed by atoms with Crippen molar-refractivity contribution >= 4 is 0 Å². The third-order valence-electron chi connectivity index (χ3n) is 2.63. The lowest BCUT2D eigenvalue weighted by atomic mass is 9.96. The highest BCUT2D eigenvalue weighted by atomic mass is 14.9. The van der Waals surface area contributed by atoms with E-state index < -0.39 is 0 Å². The smallest absolute Gasteiger partial charge is 0.0452 e. The van der Waals surface area contributed by atoms with Crippen LogP contribution < -0.4 is 11.1 Å². The molecule has 0 saturated carbocycles. The number of benzene rings is 1. The minimum Gasteiger partial charge on any atom is -0.329 e. The van der Waals surface area contributed by atoms with E-state index in [1.54, 1.807) is 0 Å². The fraction of sp³-hybridized carbons (Fsp3) is 0.385. The Kier molecular flexibility index (Phi) is 4.53. The van der Waals surface area contributed by atoms with Crippen molar-refractivity contribution in [2.45, 2.75) is 19.9 Å². The number of nitrogens with one attached hydrogen (secondary N) is 1. The quantitative estimate of drug-likeness (QED) is 0.721. The van der Waals surface area contributed by atoms with Crippen LogP contribution in [0.5, 0.6) is 0 Å². The molecule has 0 bridgehead atoms. The topological polar surface area (TPSA) is 38.0 Å². The molecular formula is C13H20N2. The van der Waals surface area contributed by atoms with Crippen LogP contribution in [0.4, 0.5) is 0 Å². The molecule has 1 atom stereocenters. The van der Waals surface area contributed by atoms with Gasteiger partial charge in [0.25, 0.3) is 0 Å². The summed E-state index contributed by atoms with van der Waals surface area (Å²) in [7, 11) is 0. The molecule has 3 N–H and O–H groups in total. The van der Waals surface area contributed by atoms with Crippen LogP contribution in [0.1, 0.15) is 22.7 Å². The van der Waals surface area contributed by atoms with E-state index in [-0.39, 0.29) is 6.04 Å². The maximum atomic E-state index is 5.79. The van der Waals surface area contributed by atoms with Crippen molar-refractivity contribution in [1.82, 2.24) is 5.32 Å². The summed E-state index contributed by atoms with van der Waals surface area (Å²) in [4.78, 5) is 0. The van der Waals surface area contributed by atoms with Crippen LogP contribution in [0.2, 0.25) is 0 Å². The Morgan fingerprint density at radius 3 is 2.47 bits per heavy atom. The lowest BCUT2D eigenvalue weighted by Crippen LogP contribution is -2.29. The molecule has 1 aromatic rings. The molecule has 0 aromatic heterocycles. The van der Waals surface area contributed by atoms with Gasteiger partial charge in [0.05, 0.1) is 0 Å². The van der Waals surface area contributed by atoms with Crippen LogP contribution in [0, 0.1) is 13.8 Å². The summed E-state index contributed by atoms with van der Waals surface area (Å²) in [6.45, 7) is 9.35. The molecule has 0 aliphatic carbocycles. The molecule has 15 heavy (non-hydrogen) atoms. The van der Waals surface area contributed by atoms with Gasteiger partial charge in [0, 0.05) is 19.1 Å². The van der Waals surface area contributed by atoms with Gasteiger partial charge < -0.3 is 11.1 Å². The van der Waals surface area contributed by atoms with Gasteiger partial charge in [-0.2, -0.15) is 0 Å². The molecule has 0 aliphatic heterocycles. The molecule has 1 unspecified atom stereocenters. The minimum absolute atomic E-state index is 0.226. The fourth-order valence-corrected chi connectivity index (χ4v) is 1.91. The lowest BCUT2D eigenvalue weighted by molar-refractivity contribution is 0.572. The highest BCUT2D eigenvalue weighted by Gasteiger charge is 2.12. The summed E-state index contributed by atoms with van der Waals surface area (Å²) in [5.41, 5.74) is 9.69. The first kappa shape index (κ1) is 12.0. The summed E-state index contributed by atoms with van der Waals surface area (Å²) >= 11 is 0. The Labute approximate surface area is 92.2 Å². The van der Waals surface area contributed by atoms with Crippen molar-refractivity contribution in [2.75, 3.05) is 13.1 Å². The molecule has 0 amide bonds. The third-order valence-corrected chi connectivity index (χ3v) is 2.63. The molecule has 0 fully saturated rings. The molecule has 0 aliphatic rings. The second kappa shape index (κ2) is 5.69. The van der Waals surface area contributed by atoms with E-state index in [2.05, 4.69) is 43.9 Å². The Balaban J connectivity index is 2.95. The third kappa shape index (κ3) is 2.91. The Morgan fingerprint density at radius 2 is 2.00 bits per heavy atom. The largest absolute Gasteiger partial charge is 0.329 e. The Bertz CT molecular complexity index is 311. The first-order chi connectivity index (χ1) is 7.20. The van der Waals surface area contributed by atoms with Gasteiger partial charge in [-0.3, -0.25) is 0 Å². The molecule has 1 rings (SSSR count). The van der Waals surface area contributed by atoms with Gasteiger partial charge in [-0.05, 0) is 30.5 Å². The van der Waals surface area contributed by atoms with E-state index in [1.807, 2.05) is 6.08 Å². The minimum atomic E-state index is 0.226. The van der Waals surface area contributed by atoms with Crippen LogP contribution in [-0.4, -0.2) is 13.1 Å². The monoisotopic (exact) mass is 204 g/mol. The van der Waals surface area contributed by atoms with Gasteiger partial charge >= 0.3 is 0 Å². The average molecular weight is 204 g/mol. The number of hydrogen-bond donors (Lipinski definition) is 2. The van der Waals surface area contributed by atoms with E-state index in [4.69, 9.17) is 5.73 Å². The number of hydrogen-bond acceptors (Lipinski definition) is 2. The molecule has 1 aromatic carbocycles. The summed E-state index contributed by atoms with van der Waals surface area (Å²) in [5.74, 6) is 0. The normalized spacial score (nSPS) is 12.5. The molecule has 0 heterocycles. The van der Waals surface area contributed by atoms with Crippen LogP contribution >= 0.6 is 0 Å². The molecule has 2 heteroatoms. The van der Waals surface area contributed by atoms with Crippen LogP contribution in [0.3, 0.4) is 0 Å². The number of nitrogens with two attached hydrogens (primary N) is 1. The van der Waals surface area contributed by atoms with Gasteiger partial charge in [0.2, 0.25) is 0 Å². The Morgan fingerprint density at radius 1 is 1.40 bits per heavy atom. The summed E-state index contributed by atoms with van der Waals surface area (Å²) in [6.07, 6.45) is 1.86. The van der Waals surface area contributed by atoms with Gasteiger partial charge in [-0.15, -0.1) is 6.58 Å². The predicted octanol–water partition coefficient (Wildman–Crippen LogP) is 2.08. The molecule has 0 spiro atoms. The van der Waals surface area contributed by atoms with Crippen LogP contribution in [0.15, 0.2) is 30.9 Å². The number of aryl methyl sites for hydroxylation is 2. The van der Waals surface area contributed by atoms with Crippen molar-refractivity contribution in [2.24, 2.45) is 5.73 Å². The maximum Gasteiger partial charge on any atom is 0.0452 e. The van der Waals surface area contributed by atoms with E-state index in [9.17, 15) is 0 Å². The first-order valence-electron chi connectivity index (χ1n) is 5.31. The van der Waals surface area contributed by atoms with Gasteiger partial charge in [0.1, 0.15) is 0 Å². The van der Waals surface area contributed by atoms with Crippen LogP contribution in [0.25, 0.3) is 0 Å². The number of rotatable bonds is 5. The second-order valence-electron chi connectivity index (χ2n) is 3.79. The molecule has 0 radical (unpaired) electrons. The molecule has 82 valence electrons. The lowest BCUT2D eigenvalue weighted by Gasteiger charge is -2.20. The van der Waals surface area contributed by atoms with Crippen molar-refractivity contribution < 1.29 is 0 Å². The van der Waals surface area contributed by atoms with Crippen molar-refractivity contribution in [1.29, 1.82) is 0 Å². The molecule has 0 saturated heterocycles. The van der Waals surface area contributed by atoms with Gasteiger partial charge in [0.15, 0.2) is 0 Å². The fourth-order valence-electron chi connectivity index (χ4n) is 1.91. The molecular weight excluding hydrogens is 184 g/mol. The van der Waals surface area contributed by atoms with Gasteiger partial charge in [-0.1, -0.05) is 24.3 Å². The maximum absolute atomic E-state index is 5.79. The summed E-state index contributed by atoms with van der Waals surface area (Å²) in [6, 6.07) is 6.56. The van der Waals surface area contributed by atoms with Crippen LogP contribution in [-0.2, 0) is 0 Å². The SMILES string of the molecule is C=CCNC(CN)c1c(C)cccc1C. The standard InChI is InChI=1S/C13H20N2/c1-4-8-15-12(9-14)13-10(2)6-5-7-11(13)3/h4-7,12,15H,1,8-9,14H2,2-3H3. The Hall–Kier alpha value is -1.12. The highest BCUT2D eigenvalue weighted by Crippen LogP contribution is 2.20. The van der Waals surface area contributed by atoms with Crippen molar-refractivity contribution in [3.8, 4) is 0 Å². The predicted molar refractivity (Wildman–Crippen MR) is 65.9 cm³/mol. The van der Waals surface area contributed by atoms with Crippen molar-refractivity contribution in [3.05, 3.63) is 47.5 Å². The zero-order valence-electron chi connectivity index (χ0n) is 9.59. The van der Waals surface area contributed by atoms with Crippen molar-refractivity contribution in [3.63, 3.8) is 0 Å². The van der Waals surface area contributed by atoms with E-state index in [0.717, 1.165) is 6.54 Å². The summed E-state index contributed by atoms with van der Waals surface area (Å²) < 4.78 is 0. The second-order valence-corrected chi connectivity index (χ2v) is 3.79. The first-order valence-corrected chi connectivity index (χ1v) is 5.31. The zero-order chi connectivity index (χ0) is 11.3. The highest BCUT2D eigenvalue weighted by molar-refractivity contribution is 5.36. The zero-order valence-corrected chi connectivity index (χ0v) is 9.59. The van der Waals surface area contributed by atoms with E-state index >= 15 is 0 Å². The summed E-state index contributed by atoms with van der Waals surface area (Å²) in [5, 5.41) is 3.37. The van der Waals surface area contributed by atoms with Gasteiger partial charge in [-0.25, -0.2) is 0 Å². The molecule has 2 nitrogen and oxygen atoms in total.